The van der Waals surface area contributed by atoms with Gasteiger partial charge in [0.25, 0.3) is 0 Å². The number of aromatic nitrogens is 2. The zero-order chi connectivity index (χ0) is 10.7. The molecule has 0 unspecified atom stereocenters. The van der Waals surface area contributed by atoms with E-state index in [1.807, 2.05) is 19.9 Å². The molecule has 0 radical (unpaired) electrons. The van der Waals surface area contributed by atoms with Gasteiger partial charge in [-0.05, 0) is 19.9 Å². The number of hydrogen-bond acceptors (Lipinski definition) is 4. The van der Waals surface area contributed by atoms with E-state index in [-0.39, 0.29) is 0 Å². The van der Waals surface area contributed by atoms with Gasteiger partial charge in [-0.1, -0.05) is 11.8 Å². The fourth-order valence-corrected chi connectivity index (χ4v) is 2.12. The highest BCUT2D eigenvalue weighted by atomic mass is 32.2. The van der Waals surface area contributed by atoms with Gasteiger partial charge in [0.15, 0.2) is 0 Å². The van der Waals surface area contributed by atoms with E-state index in [4.69, 9.17) is 4.42 Å². The van der Waals surface area contributed by atoms with Gasteiger partial charge >= 0.3 is 0 Å². The summed E-state index contributed by atoms with van der Waals surface area (Å²) in [5.74, 6) is 0.871. The molecule has 2 heterocycles. The lowest BCUT2D eigenvalue weighted by atomic mass is 10.4. The molecule has 78 valence electrons. The van der Waals surface area contributed by atoms with E-state index in [9.17, 15) is 0 Å². The largest absolute Gasteiger partial charge is 0.472 e. The Balaban J connectivity index is 2.07. The number of thioether (sulfide) groups is 1. The van der Waals surface area contributed by atoms with Gasteiger partial charge < -0.3 is 4.42 Å². The summed E-state index contributed by atoms with van der Waals surface area (Å²) in [7, 11) is 0. The maximum Gasteiger partial charge on any atom is 0.118 e. The van der Waals surface area contributed by atoms with E-state index in [0.29, 0.717) is 0 Å². The number of aryl methyl sites for hydroxylation is 2. The molecule has 0 saturated heterocycles. The highest BCUT2D eigenvalue weighted by Crippen LogP contribution is 2.23. The summed E-state index contributed by atoms with van der Waals surface area (Å²) in [4.78, 5) is 8.71. The average Bonchev–Trinajstić information content (AvgIpc) is 2.72. The third-order valence-electron chi connectivity index (χ3n) is 1.99. The topological polar surface area (TPSA) is 38.9 Å². The molecule has 0 atom stereocenters. The van der Waals surface area contributed by atoms with E-state index in [1.165, 1.54) is 5.56 Å². The Morgan fingerprint density at radius 1 is 1.40 bits per heavy atom. The minimum absolute atomic E-state index is 0.871. The molecule has 0 aromatic carbocycles. The van der Waals surface area contributed by atoms with E-state index in [0.717, 1.165) is 22.2 Å². The summed E-state index contributed by atoms with van der Waals surface area (Å²) in [6.45, 7) is 3.93. The fourth-order valence-electron chi connectivity index (χ4n) is 1.18. The Labute approximate surface area is 92.9 Å². The molecule has 2 aromatic heterocycles. The second-order valence-corrected chi connectivity index (χ2v) is 4.29. The molecule has 0 amide bonds. The lowest BCUT2D eigenvalue weighted by Gasteiger charge is -2.03. The van der Waals surface area contributed by atoms with Gasteiger partial charge in [0.2, 0.25) is 0 Å². The van der Waals surface area contributed by atoms with E-state index < -0.39 is 0 Å². The van der Waals surface area contributed by atoms with Crippen molar-refractivity contribution < 1.29 is 4.42 Å². The molecule has 0 fully saturated rings. The molecule has 0 saturated carbocycles. The monoisotopic (exact) mass is 220 g/mol. The predicted octanol–water partition coefficient (Wildman–Crippen LogP) is 2.98. The normalized spacial score (nSPS) is 10.5. The Morgan fingerprint density at radius 3 is 3.00 bits per heavy atom. The van der Waals surface area contributed by atoms with Crippen molar-refractivity contribution in [2.24, 2.45) is 0 Å². The first-order valence-corrected chi connectivity index (χ1v) is 5.68. The van der Waals surface area contributed by atoms with Crippen LogP contribution in [0.5, 0.6) is 0 Å². The fraction of sp³-hybridized carbons (Fsp3) is 0.273. The first-order valence-electron chi connectivity index (χ1n) is 4.70. The van der Waals surface area contributed by atoms with Crippen LogP contribution in [0, 0.1) is 13.8 Å². The Bertz CT molecular complexity index is 440. The quantitative estimate of drug-likeness (QED) is 0.745. The van der Waals surface area contributed by atoms with Crippen LogP contribution in [0.3, 0.4) is 0 Å². The van der Waals surface area contributed by atoms with Crippen LogP contribution in [-0.2, 0) is 5.75 Å². The molecule has 0 spiro atoms. The second kappa shape index (κ2) is 4.49. The van der Waals surface area contributed by atoms with Gasteiger partial charge in [-0.15, -0.1) is 0 Å². The Kier molecular flexibility index (Phi) is 3.06. The van der Waals surface area contributed by atoms with Crippen LogP contribution in [0.1, 0.15) is 17.0 Å². The predicted molar refractivity (Wildman–Crippen MR) is 59.8 cm³/mol. The lowest BCUT2D eigenvalue weighted by molar-refractivity contribution is 0.565. The molecular formula is C11H12N2OS. The molecule has 3 nitrogen and oxygen atoms in total. The van der Waals surface area contributed by atoms with Crippen LogP contribution in [0.4, 0.5) is 0 Å². The molecule has 0 bridgehead atoms. The van der Waals surface area contributed by atoms with Crippen LogP contribution in [-0.4, -0.2) is 9.97 Å². The Hall–Kier alpha value is -1.29. The van der Waals surface area contributed by atoms with Crippen LogP contribution < -0.4 is 0 Å². The number of hydrogen-bond donors (Lipinski definition) is 0. The lowest BCUT2D eigenvalue weighted by Crippen LogP contribution is -1.92. The molecule has 4 heteroatoms. The summed E-state index contributed by atoms with van der Waals surface area (Å²) < 4.78 is 5.01. The molecular weight excluding hydrogens is 208 g/mol. The second-order valence-electron chi connectivity index (χ2n) is 3.32. The highest BCUT2D eigenvalue weighted by molar-refractivity contribution is 7.98. The molecule has 15 heavy (non-hydrogen) atoms. The van der Waals surface area contributed by atoms with Gasteiger partial charge in [0.05, 0.1) is 23.9 Å². The minimum atomic E-state index is 0.871. The summed E-state index contributed by atoms with van der Waals surface area (Å²) in [5, 5.41) is 0.996. The summed E-state index contributed by atoms with van der Waals surface area (Å²) in [6, 6.07) is 1.96. The molecule has 0 aliphatic rings. The van der Waals surface area contributed by atoms with Gasteiger partial charge in [0, 0.05) is 17.5 Å². The minimum Gasteiger partial charge on any atom is -0.472 e. The first-order chi connectivity index (χ1) is 7.25. The SMILES string of the molecule is Cc1cnc(C)c(SCc2ccoc2)n1. The van der Waals surface area contributed by atoms with E-state index >= 15 is 0 Å². The van der Waals surface area contributed by atoms with Crippen LogP contribution in [0.2, 0.25) is 0 Å². The molecule has 2 rings (SSSR count). The van der Waals surface area contributed by atoms with Crippen molar-refractivity contribution >= 4 is 11.8 Å². The number of furan rings is 1. The standard InChI is InChI=1S/C11H12N2OS/c1-8-5-12-9(2)11(13-8)15-7-10-3-4-14-6-10/h3-6H,7H2,1-2H3. The van der Waals surface area contributed by atoms with Crippen LogP contribution in [0.15, 0.2) is 34.2 Å². The molecule has 0 aliphatic heterocycles. The number of nitrogens with zero attached hydrogens (tertiary/aromatic N) is 2. The van der Waals surface area contributed by atoms with Gasteiger partial charge in [-0.2, -0.15) is 0 Å². The van der Waals surface area contributed by atoms with E-state index in [1.54, 1.807) is 30.5 Å². The third kappa shape index (κ3) is 2.59. The summed E-state index contributed by atoms with van der Waals surface area (Å²) >= 11 is 1.69. The zero-order valence-electron chi connectivity index (χ0n) is 8.73. The van der Waals surface area contributed by atoms with Crippen molar-refractivity contribution in [3.05, 3.63) is 41.7 Å². The summed E-state index contributed by atoms with van der Waals surface area (Å²) in [6.07, 6.45) is 5.23. The third-order valence-corrected chi connectivity index (χ3v) is 3.13. The Morgan fingerprint density at radius 2 is 2.27 bits per heavy atom. The molecule has 0 aliphatic carbocycles. The van der Waals surface area contributed by atoms with Gasteiger partial charge in [-0.25, -0.2) is 4.98 Å². The summed E-state index contributed by atoms with van der Waals surface area (Å²) in [5.41, 5.74) is 3.10. The van der Waals surface area contributed by atoms with E-state index in [2.05, 4.69) is 9.97 Å². The van der Waals surface area contributed by atoms with Crippen LogP contribution in [0.25, 0.3) is 0 Å². The van der Waals surface area contributed by atoms with Crippen LogP contribution >= 0.6 is 11.8 Å². The average molecular weight is 220 g/mol. The molecule has 0 N–H and O–H groups in total. The first kappa shape index (κ1) is 10.2. The highest BCUT2D eigenvalue weighted by Gasteiger charge is 2.03. The maximum atomic E-state index is 5.01. The number of rotatable bonds is 3. The maximum absolute atomic E-state index is 5.01. The van der Waals surface area contributed by atoms with Gasteiger partial charge in [0.1, 0.15) is 5.03 Å². The van der Waals surface area contributed by atoms with Gasteiger partial charge in [-0.3, -0.25) is 4.98 Å². The zero-order valence-corrected chi connectivity index (χ0v) is 9.54. The van der Waals surface area contributed by atoms with Crippen molar-refractivity contribution in [2.75, 3.05) is 0 Å². The van der Waals surface area contributed by atoms with Crippen molar-refractivity contribution in [3.8, 4) is 0 Å². The van der Waals surface area contributed by atoms with Crippen molar-refractivity contribution in [2.45, 2.75) is 24.6 Å². The van der Waals surface area contributed by atoms with Crippen molar-refractivity contribution in [1.82, 2.24) is 9.97 Å². The van der Waals surface area contributed by atoms with Crippen molar-refractivity contribution in [1.29, 1.82) is 0 Å². The smallest absolute Gasteiger partial charge is 0.118 e. The van der Waals surface area contributed by atoms with Crippen molar-refractivity contribution in [3.63, 3.8) is 0 Å². The molecule has 2 aromatic rings.